The summed E-state index contributed by atoms with van der Waals surface area (Å²) in [6.07, 6.45) is 3.79. The number of carbonyl (C=O) groups excluding carboxylic acids is 1. The van der Waals surface area contributed by atoms with E-state index < -0.39 is 21.4 Å². The van der Waals surface area contributed by atoms with Gasteiger partial charge in [0, 0.05) is 11.4 Å². The monoisotopic (exact) mass is 619 g/mol. The fraction of sp³-hybridized carbons (Fsp3) is 0.241. The topological polar surface area (TPSA) is 106 Å². The van der Waals surface area contributed by atoms with E-state index in [0.717, 1.165) is 53.6 Å². The molecule has 0 spiro atoms. The molecule has 0 saturated heterocycles. The van der Waals surface area contributed by atoms with Crippen LogP contribution in [0.3, 0.4) is 0 Å². The summed E-state index contributed by atoms with van der Waals surface area (Å²) < 4.78 is 73.4. The summed E-state index contributed by atoms with van der Waals surface area (Å²) in [5.41, 5.74) is -3.52. The number of hydrogen-bond acceptors (Lipinski definition) is 7. The number of amides is 1. The van der Waals surface area contributed by atoms with Crippen molar-refractivity contribution in [2.45, 2.75) is 44.9 Å². The zero-order valence-corrected chi connectivity index (χ0v) is 24.3. The van der Waals surface area contributed by atoms with E-state index in [1.54, 1.807) is 18.2 Å². The lowest BCUT2D eigenvalue weighted by atomic mass is 10.2. The van der Waals surface area contributed by atoms with Crippen molar-refractivity contribution in [1.82, 2.24) is 0 Å². The van der Waals surface area contributed by atoms with Gasteiger partial charge in [-0.3, -0.25) is 9.52 Å². The highest BCUT2D eigenvalue weighted by molar-refractivity contribution is 8.18. The van der Waals surface area contributed by atoms with Gasteiger partial charge in [0.2, 0.25) is 0 Å². The summed E-state index contributed by atoms with van der Waals surface area (Å²) >= 11 is 1.09. The first-order valence-corrected chi connectivity index (χ1v) is 15.2. The molecule has 0 saturated carbocycles. The lowest BCUT2D eigenvalue weighted by Crippen LogP contribution is -2.29. The Balaban J connectivity index is 1.28. The van der Waals surface area contributed by atoms with E-state index in [-0.39, 0.29) is 17.0 Å². The van der Waals surface area contributed by atoms with Crippen molar-refractivity contribution in [2.75, 3.05) is 10.0 Å². The largest absolute Gasteiger partial charge is 0.516 e. The van der Waals surface area contributed by atoms with Crippen LogP contribution in [0.5, 0.6) is 11.5 Å². The van der Waals surface area contributed by atoms with E-state index in [9.17, 15) is 26.4 Å². The van der Waals surface area contributed by atoms with Crippen LogP contribution in [0, 0.1) is 0 Å². The molecule has 3 aromatic rings. The predicted molar refractivity (Wildman–Crippen MR) is 159 cm³/mol. The molecule has 1 heterocycles. The molecule has 1 aliphatic rings. The first-order chi connectivity index (χ1) is 20.0. The number of hydrogen-bond donors (Lipinski definition) is 2. The van der Waals surface area contributed by atoms with E-state index in [4.69, 9.17) is 9.47 Å². The molecule has 1 amide bonds. The average molecular weight is 620 g/mol. The molecule has 1 aliphatic heterocycles. The van der Waals surface area contributed by atoms with Crippen LogP contribution >= 0.6 is 11.8 Å². The summed E-state index contributed by atoms with van der Waals surface area (Å²) in [4.78, 5) is 16.7. The highest BCUT2D eigenvalue weighted by atomic mass is 32.2. The first kappa shape index (κ1) is 31.0. The van der Waals surface area contributed by atoms with Crippen LogP contribution < -0.4 is 19.5 Å². The van der Waals surface area contributed by atoms with E-state index in [1.165, 1.54) is 16.9 Å². The quantitative estimate of drug-likeness (QED) is 0.219. The van der Waals surface area contributed by atoms with Crippen LogP contribution in [0.25, 0.3) is 6.08 Å². The van der Waals surface area contributed by atoms with E-state index >= 15 is 0 Å². The summed E-state index contributed by atoms with van der Waals surface area (Å²) in [5.74, 6) is 1.05. The molecule has 0 fully saturated rings. The zero-order chi connectivity index (χ0) is 30.3. The summed E-state index contributed by atoms with van der Waals surface area (Å²) in [6.45, 7) is 4.58. The number of ether oxygens (including phenoxy) is 2. The van der Waals surface area contributed by atoms with Crippen LogP contribution in [0.2, 0.25) is 0 Å². The van der Waals surface area contributed by atoms with Crippen molar-refractivity contribution >= 4 is 50.3 Å². The van der Waals surface area contributed by atoms with Crippen LogP contribution in [0.1, 0.15) is 37.8 Å². The Bertz CT molecular complexity index is 1550. The van der Waals surface area contributed by atoms with Crippen molar-refractivity contribution in [1.29, 1.82) is 0 Å². The molecule has 2 N–H and O–H groups in total. The predicted octanol–water partition coefficient (Wildman–Crippen LogP) is 7.18. The number of anilines is 2. The summed E-state index contributed by atoms with van der Waals surface area (Å²) in [6, 6.07) is 20.1. The van der Waals surface area contributed by atoms with Crippen molar-refractivity contribution in [3.63, 3.8) is 0 Å². The number of alkyl halides is 3. The normalized spacial score (nSPS) is 14.7. The van der Waals surface area contributed by atoms with Crippen LogP contribution in [0.15, 0.2) is 82.7 Å². The van der Waals surface area contributed by atoms with E-state index in [0.29, 0.717) is 22.9 Å². The van der Waals surface area contributed by atoms with Crippen molar-refractivity contribution < 1.29 is 35.9 Å². The van der Waals surface area contributed by atoms with Gasteiger partial charge in [0.25, 0.3) is 5.91 Å². The van der Waals surface area contributed by atoms with Gasteiger partial charge >= 0.3 is 15.5 Å². The van der Waals surface area contributed by atoms with E-state index in [1.807, 2.05) is 36.4 Å². The third-order valence-electron chi connectivity index (χ3n) is 6.03. The molecule has 3 aromatic carbocycles. The van der Waals surface area contributed by atoms with Gasteiger partial charge in [0.15, 0.2) is 5.17 Å². The first-order valence-electron chi connectivity index (χ1n) is 12.9. The highest BCUT2D eigenvalue weighted by Gasteiger charge is 2.46. The van der Waals surface area contributed by atoms with Crippen LogP contribution in [0.4, 0.5) is 24.5 Å². The third-order valence-corrected chi connectivity index (χ3v) is 8.05. The molecule has 8 nitrogen and oxygen atoms in total. The average Bonchev–Trinajstić information content (AvgIpc) is 3.30. The van der Waals surface area contributed by atoms with Gasteiger partial charge in [-0.25, -0.2) is 0 Å². The molecule has 0 bridgehead atoms. The molecule has 0 aliphatic carbocycles. The molecular weight excluding hydrogens is 591 g/mol. The Morgan fingerprint density at radius 3 is 2.10 bits per heavy atom. The molecule has 0 unspecified atom stereocenters. The molecular formula is C29H28F3N3O5S2. The Morgan fingerprint density at radius 2 is 1.50 bits per heavy atom. The standard InChI is InChI=1S/C29H28F3N3O5S2/c1-3-23(4-2)40-25-15-7-20(8-16-25)18-39-24-13-5-19(6-14-24)17-26-27(36)34-28(41-26)33-21-9-11-22(12-10-21)35-42(37,38)29(30,31)32/h5-17,23,35H,3-4,18H2,1-2H3,(H,33,34,36)/b26-17-. The number of benzene rings is 3. The van der Waals surface area contributed by atoms with Crippen LogP contribution in [-0.4, -0.2) is 31.1 Å². The lowest BCUT2D eigenvalue weighted by molar-refractivity contribution is -0.113. The maximum absolute atomic E-state index is 12.5. The smallest absolute Gasteiger partial charge is 0.490 e. The molecule has 4 rings (SSSR count). The second-order valence-corrected chi connectivity index (χ2v) is 11.8. The third kappa shape index (κ3) is 8.29. The van der Waals surface area contributed by atoms with Gasteiger partial charge in [-0.15, -0.1) is 0 Å². The number of rotatable bonds is 11. The number of thioether (sulfide) groups is 1. The minimum Gasteiger partial charge on any atom is -0.490 e. The van der Waals surface area contributed by atoms with Gasteiger partial charge in [0.1, 0.15) is 18.1 Å². The molecule has 222 valence electrons. The van der Waals surface area contributed by atoms with E-state index in [2.05, 4.69) is 24.2 Å². The van der Waals surface area contributed by atoms with Crippen molar-refractivity contribution in [3.8, 4) is 11.5 Å². The number of nitrogens with zero attached hydrogens (tertiary/aromatic N) is 1. The number of amidine groups is 1. The number of sulfonamides is 1. The zero-order valence-electron chi connectivity index (χ0n) is 22.6. The summed E-state index contributed by atoms with van der Waals surface area (Å²) in [7, 11) is -5.52. The van der Waals surface area contributed by atoms with Gasteiger partial charge in [-0.05, 0) is 90.3 Å². The summed E-state index contributed by atoms with van der Waals surface area (Å²) in [5, 5.41) is 3.16. The fourth-order valence-corrected chi connectivity index (χ4v) is 5.11. The number of carbonyl (C=O) groups is 1. The molecule has 0 aromatic heterocycles. The van der Waals surface area contributed by atoms with Crippen molar-refractivity contribution in [2.24, 2.45) is 4.99 Å². The number of aliphatic imine (C=N–C) groups is 1. The van der Waals surface area contributed by atoms with Gasteiger partial charge in [-0.2, -0.15) is 26.6 Å². The Labute approximate surface area is 246 Å². The SMILES string of the molecule is CCC(CC)Oc1ccc(COc2ccc(/C=C3\SC(Nc4ccc(NS(=O)(=O)C(F)(F)F)cc4)=NC3=O)cc2)cc1. The molecule has 0 radical (unpaired) electrons. The molecule has 13 heteroatoms. The molecule has 0 atom stereocenters. The van der Waals surface area contributed by atoms with Gasteiger partial charge in [0.05, 0.1) is 11.0 Å². The van der Waals surface area contributed by atoms with Gasteiger partial charge < -0.3 is 14.8 Å². The Hall–Kier alpha value is -3.97. The highest BCUT2D eigenvalue weighted by Crippen LogP contribution is 2.31. The lowest BCUT2D eigenvalue weighted by Gasteiger charge is -2.15. The van der Waals surface area contributed by atoms with Crippen LogP contribution in [-0.2, 0) is 21.4 Å². The molecule has 42 heavy (non-hydrogen) atoms. The number of halogens is 3. The second kappa shape index (κ2) is 13.3. The Morgan fingerprint density at radius 1 is 0.905 bits per heavy atom. The van der Waals surface area contributed by atoms with Gasteiger partial charge in [-0.1, -0.05) is 38.1 Å². The minimum atomic E-state index is -5.52. The maximum Gasteiger partial charge on any atom is 0.516 e. The van der Waals surface area contributed by atoms with Crippen molar-refractivity contribution in [3.05, 3.63) is 88.8 Å². The maximum atomic E-state index is 12.5. The second-order valence-electron chi connectivity index (χ2n) is 9.14. The number of nitrogens with one attached hydrogen (secondary N) is 2. The minimum absolute atomic E-state index is 0.204. The Kier molecular flexibility index (Phi) is 9.84. The fourth-order valence-electron chi connectivity index (χ4n) is 3.71.